The van der Waals surface area contributed by atoms with Crippen LogP contribution in [0, 0.1) is 0 Å². The van der Waals surface area contributed by atoms with Crippen LogP contribution in [-0.4, -0.2) is 5.91 Å². The van der Waals surface area contributed by atoms with E-state index in [1.54, 1.807) is 0 Å². The molecule has 0 radical (unpaired) electrons. The van der Waals surface area contributed by atoms with Crippen LogP contribution >= 0.6 is 11.3 Å². The number of nitrogens with two attached hydrogens (primary N) is 1. The van der Waals surface area contributed by atoms with Gasteiger partial charge in [-0.1, -0.05) is 12.1 Å². The van der Waals surface area contributed by atoms with Crippen molar-refractivity contribution in [3.05, 3.63) is 40.8 Å². The second-order valence-electron chi connectivity index (χ2n) is 3.61. The van der Waals surface area contributed by atoms with Gasteiger partial charge in [0.1, 0.15) is 12.4 Å². The second kappa shape index (κ2) is 3.35. The lowest BCUT2D eigenvalue weighted by Gasteiger charge is -2.16. The molecule has 3 rings (SSSR count). The van der Waals surface area contributed by atoms with E-state index in [2.05, 4.69) is 0 Å². The molecule has 1 aliphatic rings. The summed E-state index contributed by atoms with van der Waals surface area (Å²) in [5.41, 5.74) is 7.36. The van der Waals surface area contributed by atoms with Crippen molar-refractivity contribution in [1.82, 2.24) is 0 Å². The zero-order valence-corrected chi connectivity index (χ0v) is 9.21. The van der Waals surface area contributed by atoms with Crippen molar-refractivity contribution < 1.29 is 9.53 Å². The average Bonchev–Trinajstić information content (AvgIpc) is 2.73. The van der Waals surface area contributed by atoms with Gasteiger partial charge in [-0.05, 0) is 18.2 Å². The highest BCUT2D eigenvalue weighted by molar-refractivity contribution is 7.17. The van der Waals surface area contributed by atoms with Crippen molar-refractivity contribution in [2.24, 2.45) is 5.73 Å². The average molecular weight is 231 g/mol. The first kappa shape index (κ1) is 9.42. The minimum atomic E-state index is -0.378. The molecule has 2 N–H and O–H groups in total. The number of primary amides is 1. The van der Waals surface area contributed by atoms with E-state index >= 15 is 0 Å². The highest BCUT2D eigenvalue weighted by Crippen LogP contribution is 2.41. The highest BCUT2D eigenvalue weighted by Gasteiger charge is 2.21. The maximum Gasteiger partial charge on any atom is 0.258 e. The zero-order valence-electron chi connectivity index (χ0n) is 8.40. The maximum absolute atomic E-state index is 11.1. The quantitative estimate of drug-likeness (QED) is 0.819. The van der Waals surface area contributed by atoms with E-state index in [0.717, 1.165) is 21.8 Å². The number of carbonyl (C=O) groups is 1. The SMILES string of the molecule is NC(=O)c1cc2c(s1)-c1ccccc1OC2. The molecule has 0 spiro atoms. The number of carbonyl (C=O) groups excluding carboxylic acids is 1. The molecular weight excluding hydrogens is 222 g/mol. The highest BCUT2D eigenvalue weighted by atomic mass is 32.1. The summed E-state index contributed by atoms with van der Waals surface area (Å²) >= 11 is 1.43. The van der Waals surface area contributed by atoms with Gasteiger partial charge < -0.3 is 10.5 Å². The Hall–Kier alpha value is -1.81. The van der Waals surface area contributed by atoms with Gasteiger partial charge in [-0.2, -0.15) is 0 Å². The van der Waals surface area contributed by atoms with E-state index in [1.165, 1.54) is 11.3 Å². The Bertz CT molecular complexity index is 574. The molecule has 0 fully saturated rings. The molecule has 1 aromatic heterocycles. The van der Waals surface area contributed by atoms with Gasteiger partial charge in [-0.15, -0.1) is 11.3 Å². The summed E-state index contributed by atoms with van der Waals surface area (Å²) in [6, 6.07) is 9.64. The summed E-state index contributed by atoms with van der Waals surface area (Å²) in [5.74, 6) is 0.491. The third-order valence-electron chi connectivity index (χ3n) is 2.57. The van der Waals surface area contributed by atoms with E-state index in [1.807, 2.05) is 30.3 Å². The first-order chi connectivity index (χ1) is 7.75. The van der Waals surface area contributed by atoms with Gasteiger partial charge in [0.05, 0.1) is 4.88 Å². The number of rotatable bonds is 1. The predicted octanol–water partition coefficient (Wildman–Crippen LogP) is 2.41. The maximum atomic E-state index is 11.1. The molecule has 1 aromatic carbocycles. The number of benzene rings is 1. The van der Waals surface area contributed by atoms with Gasteiger partial charge in [0.15, 0.2) is 0 Å². The van der Waals surface area contributed by atoms with Crippen molar-refractivity contribution in [1.29, 1.82) is 0 Å². The number of thiophene rings is 1. The van der Waals surface area contributed by atoms with Gasteiger partial charge >= 0.3 is 0 Å². The zero-order chi connectivity index (χ0) is 11.1. The summed E-state index contributed by atoms with van der Waals surface area (Å²) < 4.78 is 5.60. The molecule has 16 heavy (non-hydrogen) atoms. The first-order valence-corrected chi connectivity index (χ1v) is 5.72. The van der Waals surface area contributed by atoms with E-state index in [4.69, 9.17) is 10.5 Å². The summed E-state index contributed by atoms with van der Waals surface area (Å²) in [4.78, 5) is 12.8. The van der Waals surface area contributed by atoms with Crippen LogP contribution < -0.4 is 10.5 Å². The Morgan fingerprint density at radius 2 is 2.19 bits per heavy atom. The molecule has 1 amide bonds. The normalized spacial score (nSPS) is 12.5. The lowest BCUT2D eigenvalue weighted by Crippen LogP contribution is -2.08. The number of para-hydroxylation sites is 1. The summed E-state index contributed by atoms with van der Waals surface area (Å²) in [7, 11) is 0. The Kier molecular flexibility index (Phi) is 1.97. The van der Waals surface area contributed by atoms with Gasteiger partial charge in [0.2, 0.25) is 0 Å². The monoisotopic (exact) mass is 231 g/mol. The van der Waals surface area contributed by atoms with Gasteiger partial charge in [0.25, 0.3) is 5.91 Å². The van der Waals surface area contributed by atoms with E-state index in [0.29, 0.717) is 11.5 Å². The molecule has 1 aliphatic heterocycles. The topological polar surface area (TPSA) is 52.3 Å². The third kappa shape index (κ3) is 1.31. The Morgan fingerprint density at radius 1 is 1.38 bits per heavy atom. The molecule has 80 valence electrons. The molecular formula is C12H9NO2S. The van der Waals surface area contributed by atoms with Crippen LogP contribution in [0.4, 0.5) is 0 Å². The molecule has 0 atom stereocenters. The van der Waals surface area contributed by atoms with Gasteiger partial charge in [0, 0.05) is 16.0 Å². The second-order valence-corrected chi connectivity index (χ2v) is 4.67. The number of ether oxygens (including phenoxy) is 1. The number of amides is 1. The summed E-state index contributed by atoms with van der Waals surface area (Å²) in [6.45, 7) is 0.510. The van der Waals surface area contributed by atoms with Crippen LogP contribution in [0.5, 0.6) is 5.75 Å². The van der Waals surface area contributed by atoms with Crippen LogP contribution in [-0.2, 0) is 6.61 Å². The van der Waals surface area contributed by atoms with Crippen molar-refractivity contribution in [2.75, 3.05) is 0 Å². The molecule has 2 heterocycles. The minimum absolute atomic E-state index is 0.378. The first-order valence-electron chi connectivity index (χ1n) is 4.90. The Balaban J connectivity index is 2.20. The van der Waals surface area contributed by atoms with Crippen molar-refractivity contribution >= 4 is 17.2 Å². The van der Waals surface area contributed by atoms with Crippen LogP contribution in [0.3, 0.4) is 0 Å². The number of hydrogen-bond acceptors (Lipinski definition) is 3. The molecule has 0 bridgehead atoms. The van der Waals surface area contributed by atoms with Crippen LogP contribution in [0.2, 0.25) is 0 Å². The fraction of sp³-hybridized carbons (Fsp3) is 0.0833. The number of hydrogen-bond donors (Lipinski definition) is 1. The van der Waals surface area contributed by atoms with Crippen molar-refractivity contribution in [2.45, 2.75) is 6.61 Å². The van der Waals surface area contributed by atoms with Crippen LogP contribution in [0.25, 0.3) is 10.4 Å². The third-order valence-corrected chi connectivity index (χ3v) is 3.79. The molecule has 0 aliphatic carbocycles. The van der Waals surface area contributed by atoms with Crippen molar-refractivity contribution in [3.8, 4) is 16.2 Å². The van der Waals surface area contributed by atoms with Gasteiger partial charge in [-0.3, -0.25) is 4.79 Å². The standard InChI is InChI=1S/C12H9NO2S/c13-12(14)10-5-7-6-15-9-4-2-1-3-8(9)11(7)16-10/h1-5H,6H2,(H2,13,14). The predicted molar refractivity (Wildman–Crippen MR) is 62.6 cm³/mol. The van der Waals surface area contributed by atoms with Gasteiger partial charge in [-0.25, -0.2) is 0 Å². The summed E-state index contributed by atoms with van der Waals surface area (Å²) in [5, 5.41) is 0. The Labute approximate surface area is 96.5 Å². The molecule has 0 saturated heterocycles. The van der Waals surface area contributed by atoms with E-state index < -0.39 is 0 Å². The summed E-state index contributed by atoms with van der Waals surface area (Å²) in [6.07, 6.45) is 0. The molecule has 0 saturated carbocycles. The molecule has 0 unspecified atom stereocenters. The minimum Gasteiger partial charge on any atom is -0.488 e. The fourth-order valence-corrected chi connectivity index (χ4v) is 2.87. The molecule has 2 aromatic rings. The fourth-order valence-electron chi connectivity index (χ4n) is 1.82. The molecule has 4 heteroatoms. The Morgan fingerprint density at radius 3 is 3.00 bits per heavy atom. The lowest BCUT2D eigenvalue weighted by molar-refractivity contribution is 0.100. The van der Waals surface area contributed by atoms with E-state index in [9.17, 15) is 4.79 Å². The number of fused-ring (bicyclic) bond motifs is 3. The van der Waals surface area contributed by atoms with E-state index in [-0.39, 0.29) is 5.91 Å². The van der Waals surface area contributed by atoms with Crippen molar-refractivity contribution in [3.63, 3.8) is 0 Å². The molecule has 3 nitrogen and oxygen atoms in total. The lowest BCUT2D eigenvalue weighted by atomic mass is 10.1. The van der Waals surface area contributed by atoms with Crippen LogP contribution in [0.1, 0.15) is 15.2 Å². The smallest absolute Gasteiger partial charge is 0.258 e. The largest absolute Gasteiger partial charge is 0.488 e. The van der Waals surface area contributed by atoms with Crippen LogP contribution in [0.15, 0.2) is 30.3 Å².